The number of nitrogens with one attached hydrogen (secondary N) is 1. The lowest BCUT2D eigenvalue weighted by molar-refractivity contribution is -0.127. The fourth-order valence-electron chi connectivity index (χ4n) is 2.60. The van der Waals surface area contributed by atoms with Gasteiger partial charge in [-0.3, -0.25) is 9.69 Å². The Labute approximate surface area is 134 Å². The third-order valence-corrected chi connectivity index (χ3v) is 3.73. The summed E-state index contributed by atoms with van der Waals surface area (Å²) in [6, 6.07) is 9.21. The molecule has 1 amide bonds. The minimum atomic E-state index is -0.333. The summed E-state index contributed by atoms with van der Waals surface area (Å²) in [4.78, 5) is 14.7. The predicted octanol–water partition coefficient (Wildman–Crippen LogP) is 2.59. The minimum Gasteiger partial charge on any atom is -0.394 e. The summed E-state index contributed by atoms with van der Waals surface area (Å²) in [6.07, 6.45) is 0.743. The van der Waals surface area contributed by atoms with E-state index in [2.05, 4.69) is 26.1 Å². The van der Waals surface area contributed by atoms with E-state index in [1.807, 2.05) is 49.2 Å². The maximum atomic E-state index is 12.7. The highest BCUT2D eigenvalue weighted by molar-refractivity contribution is 5.83. The summed E-state index contributed by atoms with van der Waals surface area (Å²) in [5.41, 5.74) is 1.02. The molecular formula is C18H30N2O2. The number of nitrogens with zero attached hydrogens (tertiary/aromatic N) is 1. The molecule has 0 aliphatic heterocycles. The Kier molecular flexibility index (Phi) is 7.04. The SMILES string of the molecule is CCN(C)C(C(=O)NC(CO)CC(C)(C)C)c1ccccc1. The molecule has 1 aromatic rings. The second-order valence-corrected chi connectivity index (χ2v) is 7.04. The van der Waals surface area contributed by atoms with Gasteiger partial charge in [0.05, 0.1) is 12.6 Å². The highest BCUT2D eigenvalue weighted by Gasteiger charge is 2.27. The molecule has 0 saturated heterocycles. The van der Waals surface area contributed by atoms with E-state index in [1.165, 1.54) is 0 Å². The fraction of sp³-hybridized carbons (Fsp3) is 0.611. The van der Waals surface area contributed by atoms with E-state index in [0.29, 0.717) is 0 Å². The van der Waals surface area contributed by atoms with E-state index in [1.54, 1.807) is 0 Å². The highest BCUT2D eigenvalue weighted by atomic mass is 16.3. The van der Waals surface area contributed by atoms with E-state index in [0.717, 1.165) is 18.5 Å². The monoisotopic (exact) mass is 306 g/mol. The van der Waals surface area contributed by atoms with Crippen molar-refractivity contribution in [2.45, 2.75) is 46.2 Å². The van der Waals surface area contributed by atoms with Gasteiger partial charge in [-0.2, -0.15) is 0 Å². The first kappa shape index (κ1) is 18.7. The van der Waals surface area contributed by atoms with E-state index in [-0.39, 0.29) is 30.0 Å². The number of carbonyl (C=O) groups is 1. The molecule has 2 atom stereocenters. The molecule has 0 aromatic heterocycles. The van der Waals surface area contributed by atoms with Crippen LogP contribution in [-0.4, -0.2) is 42.2 Å². The average molecular weight is 306 g/mol. The van der Waals surface area contributed by atoms with Crippen LogP contribution in [0.3, 0.4) is 0 Å². The van der Waals surface area contributed by atoms with Crippen molar-refractivity contribution in [3.8, 4) is 0 Å². The van der Waals surface area contributed by atoms with Crippen LogP contribution >= 0.6 is 0 Å². The van der Waals surface area contributed by atoms with Gasteiger partial charge in [-0.15, -0.1) is 0 Å². The molecule has 0 bridgehead atoms. The van der Waals surface area contributed by atoms with E-state index in [9.17, 15) is 9.90 Å². The highest BCUT2D eigenvalue weighted by Crippen LogP contribution is 2.23. The molecule has 124 valence electrons. The van der Waals surface area contributed by atoms with Crippen LogP contribution in [0, 0.1) is 5.41 Å². The van der Waals surface area contributed by atoms with Crippen molar-refractivity contribution >= 4 is 5.91 Å². The van der Waals surface area contributed by atoms with Crippen LogP contribution in [0.2, 0.25) is 0 Å². The third-order valence-electron chi connectivity index (χ3n) is 3.73. The molecule has 4 nitrogen and oxygen atoms in total. The Balaban J connectivity index is 2.88. The number of likely N-dealkylation sites (N-methyl/N-ethyl adjacent to an activating group) is 1. The summed E-state index contributed by atoms with van der Waals surface area (Å²) >= 11 is 0. The molecule has 0 fully saturated rings. The van der Waals surface area contributed by atoms with E-state index in [4.69, 9.17) is 0 Å². The number of aliphatic hydroxyl groups excluding tert-OH is 1. The van der Waals surface area contributed by atoms with Gasteiger partial charge in [-0.25, -0.2) is 0 Å². The molecule has 0 radical (unpaired) electrons. The lowest BCUT2D eigenvalue weighted by Gasteiger charge is -2.30. The summed E-state index contributed by atoms with van der Waals surface area (Å²) in [6.45, 7) is 9.08. The first-order chi connectivity index (χ1) is 10.3. The van der Waals surface area contributed by atoms with Crippen molar-refractivity contribution < 1.29 is 9.90 Å². The van der Waals surface area contributed by atoms with E-state index < -0.39 is 0 Å². The van der Waals surface area contributed by atoms with Gasteiger partial charge in [-0.1, -0.05) is 58.0 Å². The standard InChI is InChI=1S/C18H30N2O2/c1-6-20(5)16(14-10-8-7-9-11-14)17(22)19-15(13-21)12-18(2,3)4/h7-11,15-16,21H,6,12-13H2,1-5H3,(H,19,22). The van der Waals surface area contributed by atoms with Gasteiger partial charge in [-0.05, 0) is 31.0 Å². The van der Waals surface area contributed by atoms with Crippen LogP contribution < -0.4 is 5.32 Å². The zero-order valence-electron chi connectivity index (χ0n) is 14.5. The number of aliphatic hydroxyl groups is 1. The Morgan fingerprint density at radius 3 is 2.32 bits per heavy atom. The van der Waals surface area contributed by atoms with Crippen LogP contribution in [-0.2, 0) is 4.79 Å². The lowest BCUT2D eigenvalue weighted by atomic mass is 9.88. The largest absolute Gasteiger partial charge is 0.394 e. The van der Waals surface area contributed by atoms with Gasteiger partial charge in [0, 0.05) is 0 Å². The molecule has 0 aliphatic rings. The molecule has 2 N–H and O–H groups in total. The normalized spacial score (nSPS) is 14.7. The zero-order chi connectivity index (χ0) is 16.8. The van der Waals surface area contributed by atoms with Gasteiger partial charge in [0.15, 0.2) is 0 Å². The second-order valence-electron chi connectivity index (χ2n) is 7.04. The van der Waals surface area contributed by atoms with Crippen molar-refractivity contribution in [1.82, 2.24) is 10.2 Å². The number of benzene rings is 1. The third kappa shape index (κ3) is 5.78. The van der Waals surface area contributed by atoms with Gasteiger partial charge in [0.2, 0.25) is 5.91 Å². The molecule has 0 saturated carbocycles. The first-order valence-corrected chi connectivity index (χ1v) is 7.95. The number of rotatable bonds is 7. The van der Waals surface area contributed by atoms with Crippen LogP contribution in [0.15, 0.2) is 30.3 Å². The summed E-state index contributed by atoms with van der Waals surface area (Å²) < 4.78 is 0. The van der Waals surface area contributed by atoms with Gasteiger partial charge >= 0.3 is 0 Å². The predicted molar refractivity (Wildman–Crippen MR) is 90.6 cm³/mol. The zero-order valence-corrected chi connectivity index (χ0v) is 14.5. The Hall–Kier alpha value is -1.39. The molecule has 4 heteroatoms. The van der Waals surface area contributed by atoms with Crippen LogP contribution in [0.25, 0.3) is 0 Å². The molecule has 22 heavy (non-hydrogen) atoms. The average Bonchev–Trinajstić information content (AvgIpc) is 2.46. The van der Waals surface area contributed by atoms with Crippen molar-refractivity contribution in [3.05, 3.63) is 35.9 Å². The van der Waals surface area contributed by atoms with Crippen molar-refractivity contribution in [3.63, 3.8) is 0 Å². The number of hydrogen-bond donors (Lipinski definition) is 2. The van der Waals surface area contributed by atoms with Crippen LogP contribution in [0.5, 0.6) is 0 Å². The number of carbonyl (C=O) groups excluding carboxylic acids is 1. The Bertz CT molecular complexity index is 454. The number of amides is 1. The lowest BCUT2D eigenvalue weighted by Crippen LogP contribution is -2.46. The van der Waals surface area contributed by atoms with Crippen molar-refractivity contribution in [1.29, 1.82) is 0 Å². The molecule has 1 rings (SSSR count). The minimum absolute atomic E-state index is 0.0413. The van der Waals surface area contributed by atoms with Gasteiger partial charge < -0.3 is 10.4 Å². The van der Waals surface area contributed by atoms with Crippen LogP contribution in [0.1, 0.15) is 45.7 Å². The molecular weight excluding hydrogens is 276 g/mol. The van der Waals surface area contributed by atoms with E-state index >= 15 is 0 Å². The molecule has 2 unspecified atom stereocenters. The smallest absolute Gasteiger partial charge is 0.242 e. The molecule has 0 aliphatic carbocycles. The molecule has 0 spiro atoms. The fourth-order valence-corrected chi connectivity index (χ4v) is 2.60. The quantitative estimate of drug-likeness (QED) is 0.814. The molecule has 1 aromatic carbocycles. The number of hydrogen-bond acceptors (Lipinski definition) is 3. The first-order valence-electron chi connectivity index (χ1n) is 7.95. The second kappa shape index (κ2) is 8.30. The topological polar surface area (TPSA) is 52.6 Å². The Morgan fingerprint density at radius 2 is 1.86 bits per heavy atom. The maximum absolute atomic E-state index is 12.7. The summed E-state index contributed by atoms with van der Waals surface area (Å²) in [5, 5.41) is 12.6. The molecule has 0 heterocycles. The summed E-state index contributed by atoms with van der Waals surface area (Å²) in [7, 11) is 1.94. The van der Waals surface area contributed by atoms with Gasteiger partial charge in [0.1, 0.15) is 6.04 Å². The van der Waals surface area contributed by atoms with Crippen molar-refractivity contribution in [2.24, 2.45) is 5.41 Å². The van der Waals surface area contributed by atoms with Crippen LogP contribution in [0.4, 0.5) is 0 Å². The Morgan fingerprint density at radius 1 is 1.27 bits per heavy atom. The maximum Gasteiger partial charge on any atom is 0.242 e. The summed E-state index contributed by atoms with van der Waals surface area (Å²) in [5.74, 6) is -0.0566. The van der Waals surface area contributed by atoms with Gasteiger partial charge in [0.25, 0.3) is 0 Å². The van der Waals surface area contributed by atoms with Crippen molar-refractivity contribution in [2.75, 3.05) is 20.2 Å².